The predicted molar refractivity (Wildman–Crippen MR) is 114 cm³/mol. The van der Waals surface area contributed by atoms with Gasteiger partial charge in [0.1, 0.15) is 5.69 Å². The lowest BCUT2D eigenvalue weighted by molar-refractivity contribution is -0.192. The number of hydrogen-bond donors (Lipinski definition) is 1. The highest BCUT2D eigenvalue weighted by molar-refractivity contribution is 5.97. The summed E-state index contributed by atoms with van der Waals surface area (Å²) < 4.78 is 31.7. The van der Waals surface area contributed by atoms with Crippen molar-refractivity contribution in [1.29, 1.82) is 0 Å². The maximum absolute atomic E-state index is 12.8. The van der Waals surface area contributed by atoms with E-state index in [1.165, 1.54) is 5.56 Å². The fourth-order valence-corrected chi connectivity index (χ4v) is 4.06. The number of carboxylic acid groups (broad SMARTS) is 1. The Balaban J connectivity index is 0.000000383. The summed E-state index contributed by atoms with van der Waals surface area (Å²) >= 11 is 0. The Hall–Kier alpha value is -3.43. The smallest absolute Gasteiger partial charge is 0.475 e. The van der Waals surface area contributed by atoms with E-state index < -0.39 is 12.1 Å². The zero-order valence-electron chi connectivity index (χ0n) is 18.2. The van der Waals surface area contributed by atoms with E-state index in [9.17, 15) is 22.8 Å². The van der Waals surface area contributed by atoms with Gasteiger partial charge >= 0.3 is 12.1 Å². The molecule has 1 unspecified atom stereocenters. The van der Waals surface area contributed by atoms with E-state index in [-0.39, 0.29) is 17.2 Å². The summed E-state index contributed by atoms with van der Waals surface area (Å²) in [4.78, 5) is 42.4. The summed E-state index contributed by atoms with van der Waals surface area (Å²) in [5.74, 6) is -2.64. The number of rotatable bonds is 2. The Morgan fingerprint density at radius 1 is 1.06 bits per heavy atom. The molecule has 33 heavy (non-hydrogen) atoms. The number of aliphatic carboxylic acids is 1. The third kappa shape index (κ3) is 5.68. The van der Waals surface area contributed by atoms with Crippen molar-refractivity contribution >= 4 is 23.5 Å². The standard InChI is InChI=1S/C21H23N3O2.C2HF3O2/c1-15-6-8-17(9-7-15)24-14-21(12-19(24)25)10-11-23(13-21)20(26)18-5-3-4-16(2)22-18;3-2(4,5)1(6)7/h3-9H,10-14H2,1-2H3;(H,6,7). The van der Waals surface area contributed by atoms with Crippen molar-refractivity contribution in [2.45, 2.75) is 32.9 Å². The number of carbonyl (C=O) groups is 3. The molecular weight excluding hydrogens is 439 g/mol. The molecule has 1 aromatic heterocycles. The molecule has 0 radical (unpaired) electrons. The minimum Gasteiger partial charge on any atom is -0.475 e. The quantitative estimate of drug-likeness (QED) is 0.735. The Bertz CT molecular complexity index is 1060. The molecule has 7 nitrogen and oxygen atoms in total. The van der Waals surface area contributed by atoms with Gasteiger partial charge < -0.3 is 14.9 Å². The van der Waals surface area contributed by atoms with E-state index in [0.29, 0.717) is 31.7 Å². The summed E-state index contributed by atoms with van der Waals surface area (Å²) in [5, 5.41) is 7.12. The predicted octanol–water partition coefficient (Wildman–Crippen LogP) is 3.60. The Kier molecular flexibility index (Phi) is 6.76. The second-order valence-corrected chi connectivity index (χ2v) is 8.44. The van der Waals surface area contributed by atoms with Gasteiger partial charge in [-0.3, -0.25) is 9.59 Å². The SMILES string of the molecule is Cc1ccc(N2CC3(CCN(C(=O)c4cccc(C)n4)C3)CC2=O)cc1.O=C(O)C(F)(F)F. The number of likely N-dealkylation sites (tertiary alicyclic amines) is 1. The van der Waals surface area contributed by atoms with Crippen LogP contribution < -0.4 is 4.90 Å². The first-order chi connectivity index (χ1) is 15.4. The van der Waals surface area contributed by atoms with E-state index >= 15 is 0 Å². The first kappa shape index (κ1) is 24.2. The first-order valence-electron chi connectivity index (χ1n) is 10.3. The third-order valence-electron chi connectivity index (χ3n) is 5.74. The monoisotopic (exact) mass is 463 g/mol. The highest BCUT2D eigenvalue weighted by Gasteiger charge is 2.49. The van der Waals surface area contributed by atoms with Crippen LogP contribution in [-0.2, 0) is 9.59 Å². The highest BCUT2D eigenvalue weighted by atomic mass is 19.4. The second kappa shape index (κ2) is 9.21. The number of carbonyl (C=O) groups excluding carboxylic acids is 2. The normalized spacial score (nSPS) is 20.1. The molecule has 2 aromatic rings. The molecule has 1 aromatic carbocycles. The van der Waals surface area contributed by atoms with Crippen LogP contribution in [0.4, 0.5) is 18.9 Å². The summed E-state index contributed by atoms with van der Waals surface area (Å²) in [6, 6.07) is 13.6. The van der Waals surface area contributed by atoms with Gasteiger partial charge in [0.15, 0.2) is 0 Å². The van der Waals surface area contributed by atoms with Gasteiger partial charge in [-0.1, -0.05) is 23.8 Å². The lowest BCUT2D eigenvalue weighted by Crippen LogP contribution is -2.34. The van der Waals surface area contributed by atoms with Crippen molar-refractivity contribution < 1.29 is 32.7 Å². The summed E-state index contributed by atoms with van der Waals surface area (Å²) in [6.07, 6.45) is -3.72. The van der Waals surface area contributed by atoms with Gasteiger partial charge in [0.2, 0.25) is 5.91 Å². The van der Waals surface area contributed by atoms with Gasteiger partial charge in [0.05, 0.1) is 0 Å². The molecule has 10 heteroatoms. The molecule has 2 aliphatic heterocycles. The molecule has 176 valence electrons. The number of aromatic nitrogens is 1. The molecule has 1 spiro atoms. The van der Waals surface area contributed by atoms with Crippen LogP contribution >= 0.6 is 0 Å². The number of carboxylic acids is 1. The Labute approximate surface area is 188 Å². The number of hydrogen-bond acceptors (Lipinski definition) is 4. The van der Waals surface area contributed by atoms with Crippen molar-refractivity contribution in [2.75, 3.05) is 24.5 Å². The van der Waals surface area contributed by atoms with E-state index in [2.05, 4.69) is 4.98 Å². The molecule has 1 N–H and O–H groups in total. The van der Waals surface area contributed by atoms with Crippen molar-refractivity contribution in [3.63, 3.8) is 0 Å². The minimum atomic E-state index is -5.08. The molecule has 2 amide bonds. The van der Waals surface area contributed by atoms with Gasteiger partial charge in [-0.2, -0.15) is 13.2 Å². The van der Waals surface area contributed by atoms with Crippen LogP contribution in [0.15, 0.2) is 42.5 Å². The van der Waals surface area contributed by atoms with E-state index in [1.54, 1.807) is 6.07 Å². The summed E-state index contributed by atoms with van der Waals surface area (Å²) in [5.41, 5.74) is 3.32. The van der Waals surface area contributed by atoms with Gasteiger partial charge in [-0.15, -0.1) is 0 Å². The number of amides is 2. The average Bonchev–Trinajstić information content (AvgIpc) is 3.30. The maximum Gasteiger partial charge on any atom is 0.490 e. The number of halogens is 3. The third-order valence-corrected chi connectivity index (χ3v) is 5.74. The molecular formula is C23H24F3N3O4. The summed E-state index contributed by atoms with van der Waals surface area (Å²) in [6.45, 7) is 5.91. The molecule has 2 aliphatic rings. The Morgan fingerprint density at radius 3 is 2.27 bits per heavy atom. The van der Waals surface area contributed by atoms with Crippen LogP contribution in [0.1, 0.15) is 34.6 Å². The van der Waals surface area contributed by atoms with E-state index in [1.807, 2.05) is 60.0 Å². The fourth-order valence-electron chi connectivity index (χ4n) is 4.06. The summed E-state index contributed by atoms with van der Waals surface area (Å²) in [7, 11) is 0. The molecule has 3 heterocycles. The number of pyridine rings is 1. The van der Waals surface area contributed by atoms with Gasteiger partial charge in [0.25, 0.3) is 5.91 Å². The topological polar surface area (TPSA) is 90.8 Å². The van der Waals surface area contributed by atoms with Crippen LogP contribution in [0.2, 0.25) is 0 Å². The van der Waals surface area contributed by atoms with Gasteiger partial charge in [0, 0.05) is 42.9 Å². The number of benzene rings is 1. The lowest BCUT2D eigenvalue weighted by Gasteiger charge is -2.24. The maximum atomic E-state index is 12.8. The number of aryl methyl sites for hydroxylation is 2. The van der Waals surface area contributed by atoms with Gasteiger partial charge in [-0.25, -0.2) is 9.78 Å². The number of alkyl halides is 3. The van der Waals surface area contributed by atoms with Crippen LogP contribution in [0.25, 0.3) is 0 Å². The lowest BCUT2D eigenvalue weighted by atomic mass is 9.86. The van der Waals surface area contributed by atoms with Crippen molar-refractivity contribution in [3.8, 4) is 0 Å². The van der Waals surface area contributed by atoms with Crippen molar-refractivity contribution in [3.05, 3.63) is 59.4 Å². The zero-order chi connectivity index (χ0) is 24.4. The van der Waals surface area contributed by atoms with Crippen molar-refractivity contribution in [2.24, 2.45) is 5.41 Å². The van der Waals surface area contributed by atoms with Crippen LogP contribution in [0.5, 0.6) is 0 Å². The largest absolute Gasteiger partial charge is 0.490 e. The van der Waals surface area contributed by atoms with Crippen LogP contribution in [0.3, 0.4) is 0 Å². The van der Waals surface area contributed by atoms with Crippen molar-refractivity contribution in [1.82, 2.24) is 9.88 Å². The fraction of sp³-hybridized carbons (Fsp3) is 0.391. The molecule has 4 rings (SSSR count). The average molecular weight is 463 g/mol. The number of nitrogens with zero attached hydrogens (tertiary/aromatic N) is 3. The molecule has 2 fully saturated rings. The molecule has 0 bridgehead atoms. The van der Waals surface area contributed by atoms with Crippen LogP contribution in [0, 0.1) is 19.3 Å². The van der Waals surface area contributed by atoms with Gasteiger partial charge in [-0.05, 0) is 44.5 Å². The van der Waals surface area contributed by atoms with E-state index in [4.69, 9.17) is 9.90 Å². The molecule has 0 saturated carbocycles. The molecule has 0 aliphatic carbocycles. The minimum absolute atomic E-state index is 0.0354. The van der Waals surface area contributed by atoms with E-state index in [0.717, 1.165) is 17.8 Å². The Morgan fingerprint density at radius 2 is 1.70 bits per heavy atom. The highest BCUT2D eigenvalue weighted by Crippen LogP contribution is 2.42. The first-order valence-corrected chi connectivity index (χ1v) is 10.3. The molecule has 2 saturated heterocycles. The van der Waals surface area contributed by atoms with Crippen LogP contribution in [-0.4, -0.2) is 58.6 Å². The molecule has 1 atom stereocenters. The number of anilines is 1. The zero-order valence-corrected chi connectivity index (χ0v) is 18.2. The second-order valence-electron chi connectivity index (χ2n) is 8.44.